The first-order chi connectivity index (χ1) is 13.1. The summed E-state index contributed by atoms with van der Waals surface area (Å²) < 4.78 is 18.4. The van der Waals surface area contributed by atoms with Crippen LogP contribution < -0.4 is 5.32 Å². The Bertz CT molecular complexity index is 862. The SMILES string of the molecule is CC(CCC(=O)NCc1ccccc1-c1ccco1)Sc1ccc(F)cc1. The lowest BCUT2D eigenvalue weighted by atomic mass is 10.1. The number of halogens is 1. The van der Waals surface area contributed by atoms with Crippen LogP contribution in [0.3, 0.4) is 0 Å². The second-order valence-electron chi connectivity index (χ2n) is 6.33. The molecule has 140 valence electrons. The predicted octanol–water partition coefficient (Wildman–Crippen LogP) is 5.66. The van der Waals surface area contributed by atoms with Crippen LogP contribution in [0.15, 0.2) is 76.2 Å². The van der Waals surface area contributed by atoms with Crippen molar-refractivity contribution in [3.63, 3.8) is 0 Å². The van der Waals surface area contributed by atoms with Gasteiger partial charge in [0.15, 0.2) is 0 Å². The number of thioether (sulfide) groups is 1. The summed E-state index contributed by atoms with van der Waals surface area (Å²) in [5.74, 6) is 0.584. The minimum atomic E-state index is -0.235. The Kier molecular flexibility index (Phi) is 6.71. The predicted molar refractivity (Wildman–Crippen MR) is 107 cm³/mol. The fourth-order valence-electron chi connectivity index (χ4n) is 2.77. The van der Waals surface area contributed by atoms with E-state index in [1.54, 1.807) is 30.2 Å². The lowest BCUT2D eigenvalue weighted by Gasteiger charge is -2.12. The lowest BCUT2D eigenvalue weighted by Crippen LogP contribution is -2.23. The van der Waals surface area contributed by atoms with Crippen LogP contribution in [0.25, 0.3) is 11.3 Å². The lowest BCUT2D eigenvalue weighted by molar-refractivity contribution is -0.121. The van der Waals surface area contributed by atoms with Crippen LogP contribution in [0.4, 0.5) is 4.39 Å². The highest BCUT2D eigenvalue weighted by Crippen LogP contribution is 2.26. The van der Waals surface area contributed by atoms with Crippen LogP contribution in [0.5, 0.6) is 0 Å². The summed E-state index contributed by atoms with van der Waals surface area (Å²) >= 11 is 1.65. The summed E-state index contributed by atoms with van der Waals surface area (Å²) in [4.78, 5) is 13.2. The maximum absolute atomic E-state index is 13.0. The van der Waals surface area contributed by atoms with Crippen molar-refractivity contribution in [1.29, 1.82) is 0 Å². The molecule has 0 radical (unpaired) electrons. The highest BCUT2D eigenvalue weighted by Gasteiger charge is 2.11. The van der Waals surface area contributed by atoms with Crippen molar-refractivity contribution in [2.75, 3.05) is 0 Å². The van der Waals surface area contributed by atoms with Crippen molar-refractivity contribution in [1.82, 2.24) is 5.32 Å². The molecule has 0 saturated heterocycles. The monoisotopic (exact) mass is 383 g/mol. The molecular formula is C22H22FNO2S. The maximum atomic E-state index is 13.0. The molecule has 1 unspecified atom stereocenters. The van der Waals surface area contributed by atoms with Gasteiger partial charge in [-0.2, -0.15) is 0 Å². The minimum absolute atomic E-state index is 0.0239. The van der Waals surface area contributed by atoms with E-state index in [0.29, 0.717) is 13.0 Å². The van der Waals surface area contributed by atoms with Crippen molar-refractivity contribution in [3.05, 3.63) is 78.3 Å². The molecule has 3 rings (SSSR count). The molecule has 2 aromatic carbocycles. The molecule has 0 saturated carbocycles. The maximum Gasteiger partial charge on any atom is 0.220 e. The van der Waals surface area contributed by atoms with Gasteiger partial charge in [0.05, 0.1) is 6.26 Å². The highest BCUT2D eigenvalue weighted by atomic mass is 32.2. The van der Waals surface area contributed by atoms with Gasteiger partial charge in [0.25, 0.3) is 0 Å². The molecule has 1 N–H and O–H groups in total. The second kappa shape index (κ2) is 9.42. The van der Waals surface area contributed by atoms with Gasteiger partial charge in [-0.1, -0.05) is 31.2 Å². The number of nitrogens with one attached hydrogen (secondary N) is 1. The fourth-order valence-corrected chi connectivity index (χ4v) is 3.76. The van der Waals surface area contributed by atoms with Gasteiger partial charge in [0.2, 0.25) is 5.91 Å². The van der Waals surface area contributed by atoms with Gasteiger partial charge in [0.1, 0.15) is 11.6 Å². The molecule has 0 bridgehead atoms. The standard InChI is InChI=1S/C22H22FNO2S/c1-16(27-19-11-9-18(23)10-12-19)8-13-22(25)24-15-17-5-2-3-6-20(17)21-7-4-14-26-21/h2-7,9-12,14,16H,8,13,15H2,1H3,(H,24,25). The Morgan fingerprint density at radius 1 is 1.11 bits per heavy atom. The molecular weight excluding hydrogens is 361 g/mol. The molecule has 1 heterocycles. The van der Waals surface area contributed by atoms with Crippen LogP contribution >= 0.6 is 11.8 Å². The molecule has 0 aliphatic carbocycles. The van der Waals surface area contributed by atoms with Crippen molar-refractivity contribution < 1.29 is 13.6 Å². The zero-order chi connectivity index (χ0) is 19.1. The van der Waals surface area contributed by atoms with Gasteiger partial charge >= 0.3 is 0 Å². The van der Waals surface area contributed by atoms with Crippen molar-refractivity contribution in [2.45, 2.75) is 36.5 Å². The fraction of sp³-hybridized carbons (Fsp3) is 0.227. The molecule has 1 aromatic heterocycles. The first kappa shape index (κ1) is 19.2. The number of carbonyl (C=O) groups is 1. The van der Waals surface area contributed by atoms with Crippen LogP contribution in [0.1, 0.15) is 25.3 Å². The zero-order valence-corrected chi connectivity index (χ0v) is 16.0. The normalized spacial score (nSPS) is 11.9. The molecule has 27 heavy (non-hydrogen) atoms. The summed E-state index contributed by atoms with van der Waals surface area (Å²) in [5.41, 5.74) is 2.01. The van der Waals surface area contributed by atoms with Gasteiger partial charge in [-0.25, -0.2) is 4.39 Å². The smallest absolute Gasteiger partial charge is 0.220 e. The summed E-state index contributed by atoms with van der Waals surface area (Å²) in [5, 5.41) is 3.26. The number of rotatable bonds is 8. The van der Waals surface area contributed by atoms with Crippen LogP contribution in [-0.4, -0.2) is 11.2 Å². The zero-order valence-electron chi connectivity index (χ0n) is 15.2. The van der Waals surface area contributed by atoms with Crippen LogP contribution in [0.2, 0.25) is 0 Å². The number of hydrogen-bond donors (Lipinski definition) is 1. The van der Waals surface area contributed by atoms with Gasteiger partial charge in [-0.3, -0.25) is 4.79 Å². The van der Waals surface area contributed by atoms with Crippen molar-refractivity contribution >= 4 is 17.7 Å². The van der Waals surface area contributed by atoms with Gasteiger partial charge in [-0.05, 0) is 48.4 Å². The van der Waals surface area contributed by atoms with Crippen LogP contribution in [0, 0.1) is 5.82 Å². The number of furan rings is 1. The quantitative estimate of drug-likeness (QED) is 0.510. The molecule has 1 atom stereocenters. The van der Waals surface area contributed by atoms with Gasteiger partial charge in [-0.15, -0.1) is 11.8 Å². The second-order valence-corrected chi connectivity index (χ2v) is 7.84. The van der Waals surface area contributed by atoms with E-state index >= 15 is 0 Å². The van der Waals surface area contributed by atoms with E-state index in [9.17, 15) is 9.18 Å². The first-order valence-corrected chi connectivity index (χ1v) is 9.80. The Morgan fingerprint density at radius 3 is 2.63 bits per heavy atom. The molecule has 0 aliphatic rings. The third-order valence-corrected chi connectivity index (χ3v) is 5.39. The summed E-state index contributed by atoms with van der Waals surface area (Å²) in [6, 6.07) is 18.1. The molecule has 1 amide bonds. The van der Waals surface area contributed by atoms with Gasteiger partial charge in [0, 0.05) is 28.7 Å². The molecule has 3 nitrogen and oxygen atoms in total. The Labute approximate surface area is 163 Å². The number of benzene rings is 2. The summed E-state index contributed by atoms with van der Waals surface area (Å²) in [6.45, 7) is 2.54. The third kappa shape index (κ3) is 5.73. The number of hydrogen-bond acceptors (Lipinski definition) is 3. The average molecular weight is 383 g/mol. The van der Waals surface area contributed by atoms with E-state index in [4.69, 9.17) is 4.42 Å². The van der Waals surface area contributed by atoms with Gasteiger partial charge < -0.3 is 9.73 Å². The van der Waals surface area contributed by atoms with Crippen molar-refractivity contribution in [2.24, 2.45) is 0 Å². The van der Waals surface area contributed by atoms with E-state index in [2.05, 4.69) is 12.2 Å². The largest absolute Gasteiger partial charge is 0.464 e. The van der Waals surface area contributed by atoms with E-state index in [1.807, 2.05) is 36.4 Å². The molecule has 5 heteroatoms. The molecule has 3 aromatic rings. The Hall–Kier alpha value is -2.53. The van der Waals surface area contributed by atoms with Crippen LogP contribution in [-0.2, 0) is 11.3 Å². The van der Waals surface area contributed by atoms with E-state index in [-0.39, 0.29) is 17.0 Å². The summed E-state index contributed by atoms with van der Waals surface area (Å²) in [7, 11) is 0. The minimum Gasteiger partial charge on any atom is -0.464 e. The topological polar surface area (TPSA) is 42.2 Å². The third-order valence-electron chi connectivity index (χ3n) is 4.21. The molecule has 0 spiro atoms. The Morgan fingerprint density at radius 2 is 1.89 bits per heavy atom. The first-order valence-electron chi connectivity index (χ1n) is 8.92. The number of carbonyl (C=O) groups excluding carboxylic acids is 1. The highest BCUT2D eigenvalue weighted by molar-refractivity contribution is 7.99. The van der Waals surface area contributed by atoms with E-state index in [1.165, 1.54) is 12.1 Å². The number of amides is 1. The average Bonchev–Trinajstić information content (AvgIpc) is 3.21. The Balaban J connectivity index is 1.47. The summed E-state index contributed by atoms with van der Waals surface area (Å²) in [6.07, 6.45) is 2.86. The van der Waals surface area contributed by atoms with E-state index in [0.717, 1.165) is 28.2 Å². The van der Waals surface area contributed by atoms with E-state index < -0.39 is 0 Å². The van der Waals surface area contributed by atoms with Crippen molar-refractivity contribution in [3.8, 4) is 11.3 Å². The molecule has 0 aliphatic heterocycles. The molecule has 0 fully saturated rings.